The number of unbranched alkanes of at least 4 members (excludes halogenated alkanes) is 1. The number of amides is 4. The molecule has 0 radical (unpaired) electrons. The lowest BCUT2D eigenvalue weighted by Crippen LogP contribution is -2.37. The second-order valence-corrected chi connectivity index (χ2v) is 19.6. The van der Waals surface area contributed by atoms with Gasteiger partial charge in [-0.3, -0.25) is 9.59 Å². The van der Waals surface area contributed by atoms with Crippen molar-refractivity contribution in [3.8, 4) is 5.75 Å². The molecule has 0 saturated carbocycles. The number of para-hydroxylation sites is 1. The van der Waals surface area contributed by atoms with E-state index in [-0.39, 0.29) is 42.1 Å². The average Bonchev–Trinajstić information content (AvgIpc) is 4.05. The van der Waals surface area contributed by atoms with E-state index < -0.39 is 0 Å². The number of nitrogens with zero attached hydrogens (tertiary/aromatic N) is 1. The van der Waals surface area contributed by atoms with Crippen molar-refractivity contribution in [1.29, 1.82) is 0 Å². The lowest BCUT2D eigenvalue weighted by molar-refractivity contribution is -0.132. The van der Waals surface area contributed by atoms with Gasteiger partial charge in [0.05, 0.1) is 197 Å². The zero-order chi connectivity index (χ0) is 56.2. The number of carbonyl (C=O) groups is 3. The second-order valence-electron chi connectivity index (χ2n) is 18.3. The first kappa shape index (κ1) is 70.2. The van der Waals surface area contributed by atoms with E-state index in [1.807, 2.05) is 16.7 Å². The molecule has 2 fully saturated rings. The number of fused-ring (bicyclic) bond motifs is 1. The fraction of sp³-hybridized carbons (Fsp3) is 0.836. The molecule has 2 heterocycles. The first-order valence-corrected chi connectivity index (χ1v) is 29.7. The number of thioether (sulfide) groups is 1. The molecule has 3 rings (SSSR count). The third-order valence-corrected chi connectivity index (χ3v) is 13.5. The van der Waals surface area contributed by atoms with Gasteiger partial charge in [0.2, 0.25) is 11.8 Å². The minimum Gasteiger partial charge on any atom is -0.508 e. The van der Waals surface area contributed by atoms with Crippen molar-refractivity contribution in [3.63, 3.8) is 0 Å². The molecule has 4 N–H and O–H groups in total. The summed E-state index contributed by atoms with van der Waals surface area (Å²) < 4.78 is 83.5. The number of phenolic OH excluding ortho intramolecular Hbond substituents is 1. The first-order valence-electron chi connectivity index (χ1n) is 28.6. The first-order chi connectivity index (χ1) is 39.0. The summed E-state index contributed by atoms with van der Waals surface area (Å²) in [5.74, 6) is 0.989. The van der Waals surface area contributed by atoms with Crippen LogP contribution in [0.25, 0.3) is 0 Å². The highest BCUT2D eigenvalue weighted by Crippen LogP contribution is 2.33. The third kappa shape index (κ3) is 40.0. The molecule has 0 spiro atoms. The van der Waals surface area contributed by atoms with Gasteiger partial charge in [0, 0.05) is 62.4 Å². The predicted octanol–water partition coefficient (Wildman–Crippen LogP) is 3.04. The molecule has 0 aromatic heterocycles. The Bertz CT molecular complexity index is 1600. The van der Waals surface area contributed by atoms with Crippen molar-refractivity contribution in [2.24, 2.45) is 0 Å². The van der Waals surface area contributed by atoms with Gasteiger partial charge in [0.15, 0.2) is 0 Å². The highest BCUT2D eigenvalue weighted by atomic mass is 32.2. The van der Waals surface area contributed by atoms with Crippen molar-refractivity contribution in [2.45, 2.75) is 75.6 Å². The maximum absolute atomic E-state index is 13.4. The minimum absolute atomic E-state index is 0.0846. The van der Waals surface area contributed by atoms with Crippen LogP contribution in [0.15, 0.2) is 24.3 Å². The number of carbonyl (C=O) groups excluding carboxylic acids is 3. The molecule has 24 heteroatoms. The number of ether oxygens (including phenoxy) is 15. The molecule has 2 aliphatic rings. The van der Waals surface area contributed by atoms with E-state index in [0.717, 1.165) is 38.0 Å². The molecule has 458 valence electrons. The Morgan fingerprint density at radius 2 is 0.949 bits per heavy atom. The highest BCUT2D eigenvalue weighted by molar-refractivity contribution is 8.00. The number of urea groups is 1. The minimum atomic E-state index is -0.146. The van der Waals surface area contributed by atoms with Crippen LogP contribution >= 0.6 is 11.8 Å². The van der Waals surface area contributed by atoms with Crippen molar-refractivity contribution in [2.75, 3.05) is 224 Å². The summed E-state index contributed by atoms with van der Waals surface area (Å²) in [7, 11) is 0. The summed E-state index contributed by atoms with van der Waals surface area (Å²) in [6.45, 7) is 18.3. The van der Waals surface area contributed by atoms with Gasteiger partial charge in [-0.15, -0.1) is 0 Å². The normalized spacial score (nSPS) is 15.9. The molecule has 4 amide bonds. The number of rotatable bonds is 59. The second kappa shape index (κ2) is 51.8. The van der Waals surface area contributed by atoms with E-state index in [9.17, 15) is 19.5 Å². The summed E-state index contributed by atoms with van der Waals surface area (Å²) >= 11 is 1.89. The van der Waals surface area contributed by atoms with Gasteiger partial charge in [-0.2, -0.15) is 11.8 Å². The van der Waals surface area contributed by atoms with Gasteiger partial charge in [-0.25, -0.2) is 4.79 Å². The zero-order valence-corrected chi connectivity index (χ0v) is 48.2. The van der Waals surface area contributed by atoms with Crippen LogP contribution < -0.4 is 16.0 Å². The van der Waals surface area contributed by atoms with E-state index in [1.165, 1.54) is 0 Å². The lowest BCUT2D eigenvalue weighted by atomic mass is 10.0. The largest absolute Gasteiger partial charge is 0.508 e. The van der Waals surface area contributed by atoms with Crippen LogP contribution in [0.5, 0.6) is 5.75 Å². The van der Waals surface area contributed by atoms with Crippen LogP contribution in [-0.4, -0.2) is 269 Å². The summed E-state index contributed by atoms with van der Waals surface area (Å²) in [6, 6.07) is 7.08. The fourth-order valence-corrected chi connectivity index (χ4v) is 9.37. The van der Waals surface area contributed by atoms with Gasteiger partial charge < -0.3 is 97.0 Å². The summed E-state index contributed by atoms with van der Waals surface area (Å²) in [6.07, 6.45) is 5.62. The summed E-state index contributed by atoms with van der Waals surface area (Å²) in [5.41, 5.74) is 0.596. The van der Waals surface area contributed by atoms with Crippen molar-refractivity contribution < 1.29 is 90.5 Å². The van der Waals surface area contributed by atoms with E-state index in [1.54, 1.807) is 24.3 Å². The molecule has 3 atom stereocenters. The Hall–Kier alpha value is -3.02. The Labute approximate surface area is 474 Å². The van der Waals surface area contributed by atoms with Crippen LogP contribution in [0, 0.1) is 0 Å². The van der Waals surface area contributed by atoms with Gasteiger partial charge in [-0.1, -0.05) is 31.5 Å². The summed E-state index contributed by atoms with van der Waals surface area (Å²) in [4.78, 5) is 39.1. The van der Waals surface area contributed by atoms with Crippen LogP contribution in [0.4, 0.5) is 4.79 Å². The number of hydrogen-bond donors (Lipinski definition) is 4. The molecule has 1 aromatic rings. The van der Waals surface area contributed by atoms with Crippen LogP contribution in [0.2, 0.25) is 0 Å². The van der Waals surface area contributed by atoms with Crippen LogP contribution in [-0.2, 0) is 87.1 Å². The van der Waals surface area contributed by atoms with E-state index >= 15 is 0 Å². The van der Waals surface area contributed by atoms with Crippen LogP contribution in [0.1, 0.15) is 57.4 Å². The Morgan fingerprint density at radius 1 is 0.532 bits per heavy atom. The van der Waals surface area contributed by atoms with E-state index in [2.05, 4.69) is 22.9 Å². The van der Waals surface area contributed by atoms with Crippen molar-refractivity contribution in [1.82, 2.24) is 20.9 Å². The number of nitrogens with one attached hydrogen (secondary N) is 3. The molecule has 0 bridgehead atoms. The number of benzene rings is 1. The molecule has 2 aliphatic heterocycles. The topological polar surface area (TPSA) is 249 Å². The zero-order valence-electron chi connectivity index (χ0n) is 47.4. The van der Waals surface area contributed by atoms with Gasteiger partial charge in [0.1, 0.15) is 5.75 Å². The predicted molar refractivity (Wildman–Crippen MR) is 297 cm³/mol. The summed E-state index contributed by atoms with van der Waals surface area (Å²) in [5, 5.41) is 19.1. The Balaban J connectivity index is 1.06. The third-order valence-electron chi connectivity index (χ3n) is 12.0. The Morgan fingerprint density at radius 3 is 1.41 bits per heavy atom. The molecule has 0 aliphatic carbocycles. The van der Waals surface area contributed by atoms with E-state index in [0.29, 0.717) is 241 Å². The molecule has 1 aromatic carbocycles. The van der Waals surface area contributed by atoms with Gasteiger partial charge in [0.25, 0.3) is 0 Å². The lowest BCUT2D eigenvalue weighted by Gasteiger charge is -2.23. The maximum atomic E-state index is 13.4. The molecular formula is C55H98N4O19S. The highest BCUT2D eigenvalue weighted by Gasteiger charge is 2.42. The number of hydrogen-bond acceptors (Lipinski definition) is 20. The van der Waals surface area contributed by atoms with Gasteiger partial charge >= 0.3 is 6.03 Å². The molecule has 3 unspecified atom stereocenters. The number of aromatic hydroxyl groups is 1. The number of phenols is 1. The van der Waals surface area contributed by atoms with Gasteiger partial charge in [-0.05, 0) is 38.2 Å². The molecular weight excluding hydrogens is 1050 g/mol. The molecule has 2 saturated heterocycles. The molecule has 79 heavy (non-hydrogen) atoms. The monoisotopic (exact) mass is 1150 g/mol. The average molecular weight is 1150 g/mol. The quantitative estimate of drug-likeness (QED) is 0.0541. The standard InChI is InChI=1S/C55H98N4O19S/c1-2-16-64-20-24-68-28-30-71-32-34-73-36-38-75-40-42-77-44-45-78-43-41-76-39-37-74-35-33-72-31-29-70-27-23-67-19-15-59(53(62)12-6-5-11-51-54-49(47-79-51)57-55(63)58-54)14-8-18-66-22-26-69-25-21-65-17-7-13-56-52(61)46-48-9-3-4-10-50(48)60/h3-4,9-10,49,51,54,60H,2,5-8,11-47H2,1H3,(H,56,61)(H2,57,58,63). The van der Waals surface area contributed by atoms with Crippen molar-refractivity contribution >= 4 is 29.6 Å². The molecule has 23 nitrogen and oxygen atoms in total. The van der Waals surface area contributed by atoms with Crippen molar-refractivity contribution in [3.05, 3.63) is 29.8 Å². The smallest absolute Gasteiger partial charge is 0.315 e. The maximum Gasteiger partial charge on any atom is 0.315 e. The SMILES string of the molecule is CCCOCCOCCOCCOCCOCCOCCOCCOCCOCCOCCOCCOCCN(CCCOCCOCCOCCCNC(=O)Cc1ccccc1O)C(=O)CCCCC1SCC2NC(=O)NC21. The van der Waals surface area contributed by atoms with E-state index in [4.69, 9.17) is 71.1 Å². The van der Waals surface area contributed by atoms with Crippen LogP contribution in [0.3, 0.4) is 0 Å². The fourth-order valence-electron chi connectivity index (χ4n) is 7.82. The Kier molecular flexibility index (Phi) is 46.1.